The summed E-state index contributed by atoms with van der Waals surface area (Å²) in [5.74, 6) is 2.64. The third kappa shape index (κ3) is 7.05. The molecule has 0 spiro atoms. The first-order valence-corrected chi connectivity index (χ1v) is 13.1. The van der Waals surface area contributed by atoms with Crippen LogP contribution in [0.2, 0.25) is 0 Å². The zero-order valence-corrected chi connectivity index (χ0v) is 20.4. The molecule has 3 heterocycles. The Morgan fingerprint density at radius 3 is 2.31 bits per heavy atom. The number of rotatable bonds is 7. The molecule has 0 radical (unpaired) electrons. The molecule has 0 aromatic heterocycles. The third-order valence-electron chi connectivity index (χ3n) is 8.12. The fourth-order valence-corrected chi connectivity index (χ4v) is 6.16. The molecule has 0 N–H and O–H groups in total. The van der Waals surface area contributed by atoms with Crippen molar-refractivity contribution in [1.29, 1.82) is 0 Å². The Hall–Kier alpha value is -1.39. The Balaban J connectivity index is 1.10. The predicted octanol–water partition coefficient (Wildman–Crippen LogP) is 5.17. The lowest BCUT2D eigenvalue weighted by atomic mass is 9.86. The van der Waals surface area contributed by atoms with E-state index in [1.165, 1.54) is 50.9 Å². The van der Waals surface area contributed by atoms with Crippen LogP contribution in [0.3, 0.4) is 0 Å². The zero-order chi connectivity index (χ0) is 22.4. The number of hydrogen-bond acceptors (Lipinski definition) is 3. The maximum Gasteiger partial charge on any atom is 0.222 e. The van der Waals surface area contributed by atoms with E-state index in [1.807, 2.05) is 0 Å². The molecule has 1 aromatic rings. The van der Waals surface area contributed by atoms with Gasteiger partial charge in [-0.15, -0.1) is 0 Å². The van der Waals surface area contributed by atoms with Crippen molar-refractivity contribution in [2.24, 2.45) is 17.8 Å². The smallest absolute Gasteiger partial charge is 0.222 e. The highest BCUT2D eigenvalue weighted by Gasteiger charge is 2.31. The van der Waals surface area contributed by atoms with Gasteiger partial charge in [0.2, 0.25) is 5.91 Å². The van der Waals surface area contributed by atoms with Crippen molar-refractivity contribution < 1.29 is 9.53 Å². The van der Waals surface area contributed by atoms with E-state index in [0.717, 1.165) is 69.6 Å². The highest BCUT2D eigenvalue weighted by atomic mass is 16.5. The summed E-state index contributed by atoms with van der Waals surface area (Å²) in [6.07, 6.45) is 10.2. The minimum absolute atomic E-state index is 0.0532. The van der Waals surface area contributed by atoms with E-state index >= 15 is 0 Å². The van der Waals surface area contributed by atoms with Crippen molar-refractivity contribution in [3.63, 3.8) is 0 Å². The quantitative estimate of drug-likeness (QED) is 0.587. The number of carbonyl (C=O) groups excluding carboxylic acids is 1. The molecular formula is C28H44N2O2. The summed E-state index contributed by atoms with van der Waals surface area (Å²) in [4.78, 5) is 17.6. The molecule has 1 unspecified atom stereocenters. The van der Waals surface area contributed by atoms with Gasteiger partial charge in [0, 0.05) is 32.7 Å². The molecule has 0 saturated carbocycles. The van der Waals surface area contributed by atoms with E-state index in [-0.39, 0.29) is 5.60 Å². The van der Waals surface area contributed by atoms with Crippen LogP contribution in [0.15, 0.2) is 30.3 Å². The normalized spacial score (nSPS) is 25.7. The summed E-state index contributed by atoms with van der Waals surface area (Å²) in [5.41, 5.74) is 1.49. The highest BCUT2D eigenvalue weighted by Crippen LogP contribution is 2.31. The second-order valence-corrected chi connectivity index (χ2v) is 11.3. The van der Waals surface area contributed by atoms with Gasteiger partial charge in [-0.05, 0) is 102 Å². The largest absolute Gasteiger partial charge is 0.376 e. The van der Waals surface area contributed by atoms with Crippen molar-refractivity contribution in [3.05, 3.63) is 35.9 Å². The number of ether oxygens (including phenoxy) is 1. The van der Waals surface area contributed by atoms with E-state index in [1.54, 1.807) is 0 Å². The van der Waals surface area contributed by atoms with Crippen molar-refractivity contribution in [2.45, 2.75) is 77.2 Å². The van der Waals surface area contributed by atoms with Gasteiger partial charge < -0.3 is 14.5 Å². The van der Waals surface area contributed by atoms with E-state index in [2.05, 4.69) is 54.0 Å². The van der Waals surface area contributed by atoms with Crippen LogP contribution in [0.4, 0.5) is 0 Å². The molecule has 3 aliphatic rings. The van der Waals surface area contributed by atoms with Crippen molar-refractivity contribution in [2.75, 3.05) is 39.3 Å². The maximum absolute atomic E-state index is 12.8. The Morgan fingerprint density at radius 2 is 1.62 bits per heavy atom. The van der Waals surface area contributed by atoms with Gasteiger partial charge in [-0.3, -0.25) is 4.79 Å². The van der Waals surface area contributed by atoms with Crippen LogP contribution in [-0.4, -0.2) is 60.6 Å². The number of carbonyl (C=O) groups is 1. The SMILES string of the molecule is CC1(C)CC(CN2CCC(CCC(=O)N3CCC(Cc4ccccc4)CC3)CC2)CCO1. The highest BCUT2D eigenvalue weighted by molar-refractivity contribution is 5.76. The average molecular weight is 441 g/mol. The molecule has 4 heteroatoms. The number of piperidine rings is 2. The Kier molecular flexibility index (Phi) is 8.28. The Labute approximate surface area is 195 Å². The lowest BCUT2D eigenvalue weighted by molar-refractivity contribution is -0.133. The standard InChI is InChI=1S/C28H44N2O2/c1-28(2)21-26(14-19-32-28)22-29-15-10-23(11-16-29)8-9-27(31)30-17-12-25(13-18-30)20-24-6-4-3-5-7-24/h3-7,23,25-26H,8-22H2,1-2H3. The van der Waals surface area contributed by atoms with E-state index < -0.39 is 0 Å². The molecule has 4 rings (SSSR count). The van der Waals surface area contributed by atoms with Gasteiger partial charge in [0.25, 0.3) is 0 Å². The van der Waals surface area contributed by atoms with Crippen LogP contribution in [-0.2, 0) is 16.0 Å². The van der Waals surface area contributed by atoms with Gasteiger partial charge in [-0.1, -0.05) is 30.3 Å². The molecular weight excluding hydrogens is 396 g/mol. The van der Waals surface area contributed by atoms with Crippen LogP contribution >= 0.6 is 0 Å². The topological polar surface area (TPSA) is 32.8 Å². The molecule has 0 bridgehead atoms. The van der Waals surface area contributed by atoms with Gasteiger partial charge in [0.15, 0.2) is 0 Å². The Morgan fingerprint density at radius 1 is 0.938 bits per heavy atom. The van der Waals surface area contributed by atoms with Crippen LogP contribution in [0.25, 0.3) is 0 Å². The number of amides is 1. The summed E-state index contributed by atoms with van der Waals surface area (Å²) in [5, 5.41) is 0. The minimum atomic E-state index is 0.0532. The molecule has 178 valence electrons. The summed E-state index contributed by atoms with van der Waals surface area (Å²) < 4.78 is 5.88. The van der Waals surface area contributed by atoms with Crippen LogP contribution in [0.5, 0.6) is 0 Å². The van der Waals surface area contributed by atoms with E-state index in [0.29, 0.717) is 5.91 Å². The fourth-order valence-electron chi connectivity index (χ4n) is 6.16. The van der Waals surface area contributed by atoms with Crippen LogP contribution in [0.1, 0.15) is 70.8 Å². The van der Waals surface area contributed by atoms with E-state index in [9.17, 15) is 4.79 Å². The van der Waals surface area contributed by atoms with Gasteiger partial charge in [0.1, 0.15) is 0 Å². The minimum Gasteiger partial charge on any atom is -0.376 e. The molecule has 1 amide bonds. The van der Waals surface area contributed by atoms with Gasteiger partial charge in [0.05, 0.1) is 5.60 Å². The first-order valence-electron chi connectivity index (χ1n) is 13.1. The summed E-state index contributed by atoms with van der Waals surface area (Å²) in [7, 11) is 0. The van der Waals surface area contributed by atoms with E-state index in [4.69, 9.17) is 4.74 Å². The average Bonchev–Trinajstić information content (AvgIpc) is 2.79. The van der Waals surface area contributed by atoms with Crippen LogP contribution in [0, 0.1) is 17.8 Å². The zero-order valence-electron chi connectivity index (χ0n) is 20.4. The maximum atomic E-state index is 12.8. The number of likely N-dealkylation sites (tertiary alicyclic amines) is 2. The molecule has 1 aromatic carbocycles. The Bertz CT molecular complexity index is 703. The first kappa shape index (κ1) is 23.8. The van der Waals surface area contributed by atoms with Gasteiger partial charge in [-0.2, -0.15) is 0 Å². The fraction of sp³-hybridized carbons (Fsp3) is 0.750. The predicted molar refractivity (Wildman–Crippen MR) is 131 cm³/mol. The summed E-state index contributed by atoms with van der Waals surface area (Å²) in [6, 6.07) is 10.8. The second-order valence-electron chi connectivity index (χ2n) is 11.3. The van der Waals surface area contributed by atoms with Crippen molar-refractivity contribution >= 4 is 5.91 Å². The van der Waals surface area contributed by atoms with Gasteiger partial charge >= 0.3 is 0 Å². The number of hydrogen-bond donors (Lipinski definition) is 0. The number of benzene rings is 1. The monoisotopic (exact) mass is 440 g/mol. The molecule has 4 nitrogen and oxygen atoms in total. The second kappa shape index (κ2) is 11.2. The molecule has 3 fully saturated rings. The van der Waals surface area contributed by atoms with Crippen molar-refractivity contribution in [1.82, 2.24) is 9.80 Å². The first-order chi connectivity index (χ1) is 15.5. The van der Waals surface area contributed by atoms with Gasteiger partial charge in [-0.25, -0.2) is 0 Å². The lowest BCUT2D eigenvalue weighted by Gasteiger charge is -2.40. The molecule has 0 aliphatic carbocycles. The van der Waals surface area contributed by atoms with Crippen LogP contribution < -0.4 is 0 Å². The molecule has 1 atom stereocenters. The summed E-state index contributed by atoms with van der Waals surface area (Å²) in [6.45, 7) is 10.9. The summed E-state index contributed by atoms with van der Waals surface area (Å²) >= 11 is 0. The molecule has 32 heavy (non-hydrogen) atoms. The molecule has 3 aliphatic heterocycles. The van der Waals surface area contributed by atoms with Crippen molar-refractivity contribution in [3.8, 4) is 0 Å². The lowest BCUT2D eigenvalue weighted by Crippen LogP contribution is -2.42. The molecule has 3 saturated heterocycles. The number of nitrogens with zero attached hydrogens (tertiary/aromatic N) is 2. The third-order valence-corrected chi connectivity index (χ3v) is 8.12.